The third kappa shape index (κ3) is 2.17. The van der Waals surface area contributed by atoms with E-state index in [-0.39, 0.29) is 13.1 Å². The fourth-order valence-electron chi connectivity index (χ4n) is 1.84. The molecular formula is C11H8F2N2O5. The number of rotatable bonds is 3. The number of benzene rings is 1. The van der Waals surface area contributed by atoms with Crippen molar-refractivity contribution in [1.29, 1.82) is 0 Å². The van der Waals surface area contributed by atoms with Gasteiger partial charge in [-0.2, -0.15) is 4.39 Å². The zero-order valence-corrected chi connectivity index (χ0v) is 9.88. The van der Waals surface area contributed by atoms with E-state index in [0.717, 1.165) is 4.90 Å². The zero-order chi connectivity index (χ0) is 15.0. The van der Waals surface area contributed by atoms with Crippen molar-refractivity contribution in [3.05, 3.63) is 39.4 Å². The van der Waals surface area contributed by atoms with Crippen LogP contribution in [0, 0.1) is 27.7 Å². The van der Waals surface area contributed by atoms with E-state index < -0.39 is 45.6 Å². The number of carboxylic acid groups (broad SMARTS) is 1. The molecule has 1 saturated heterocycles. The minimum Gasteiger partial charge on any atom is -0.481 e. The first-order valence-corrected chi connectivity index (χ1v) is 5.47. The Labute approximate surface area is 110 Å². The van der Waals surface area contributed by atoms with Gasteiger partial charge < -0.3 is 10.0 Å². The molecule has 0 spiro atoms. The number of halogens is 2. The maximum Gasteiger partial charge on any atom is 0.310 e. The summed E-state index contributed by atoms with van der Waals surface area (Å²) in [7, 11) is 0. The van der Waals surface area contributed by atoms with Crippen LogP contribution in [0.2, 0.25) is 0 Å². The average molecular weight is 286 g/mol. The van der Waals surface area contributed by atoms with Crippen molar-refractivity contribution >= 4 is 17.6 Å². The van der Waals surface area contributed by atoms with Crippen LogP contribution in [0.1, 0.15) is 10.4 Å². The van der Waals surface area contributed by atoms with Crippen molar-refractivity contribution in [3.63, 3.8) is 0 Å². The average Bonchev–Trinajstić information content (AvgIpc) is 2.25. The summed E-state index contributed by atoms with van der Waals surface area (Å²) in [5.41, 5.74) is -2.05. The normalized spacial score (nSPS) is 14.8. The van der Waals surface area contributed by atoms with Crippen molar-refractivity contribution in [2.24, 2.45) is 5.92 Å². The number of aliphatic carboxylic acids is 1. The van der Waals surface area contributed by atoms with Gasteiger partial charge in [0.15, 0.2) is 0 Å². The van der Waals surface area contributed by atoms with E-state index in [1.807, 2.05) is 0 Å². The molecule has 0 aromatic heterocycles. The first kappa shape index (κ1) is 13.8. The van der Waals surface area contributed by atoms with Crippen molar-refractivity contribution in [1.82, 2.24) is 4.90 Å². The van der Waals surface area contributed by atoms with E-state index >= 15 is 0 Å². The molecule has 1 N–H and O–H groups in total. The molecule has 20 heavy (non-hydrogen) atoms. The van der Waals surface area contributed by atoms with Crippen LogP contribution in [0.25, 0.3) is 0 Å². The highest BCUT2D eigenvalue weighted by molar-refractivity contribution is 5.96. The number of hydrogen-bond acceptors (Lipinski definition) is 4. The van der Waals surface area contributed by atoms with Gasteiger partial charge in [-0.15, -0.1) is 0 Å². The van der Waals surface area contributed by atoms with Gasteiger partial charge in [0.25, 0.3) is 5.91 Å². The van der Waals surface area contributed by atoms with Gasteiger partial charge in [0.2, 0.25) is 5.82 Å². The van der Waals surface area contributed by atoms with Gasteiger partial charge in [0.1, 0.15) is 11.4 Å². The Morgan fingerprint density at radius 3 is 2.45 bits per heavy atom. The number of nitro groups is 1. The molecule has 0 saturated carbocycles. The molecule has 1 aromatic carbocycles. The van der Waals surface area contributed by atoms with E-state index in [0.29, 0.717) is 12.1 Å². The highest BCUT2D eigenvalue weighted by atomic mass is 19.1. The second-order valence-corrected chi connectivity index (χ2v) is 4.26. The summed E-state index contributed by atoms with van der Waals surface area (Å²) in [6, 6.07) is 1.25. The molecule has 1 aromatic rings. The fourth-order valence-corrected chi connectivity index (χ4v) is 1.84. The van der Waals surface area contributed by atoms with Gasteiger partial charge in [0.05, 0.1) is 10.8 Å². The molecule has 1 fully saturated rings. The number of carbonyl (C=O) groups excluding carboxylic acids is 1. The lowest BCUT2D eigenvalue weighted by atomic mass is 9.99. The van der Waals surface area contributed by atoms with Crippen LogP contribution in [0.15, 0.2) is 12.1 Å². The number of hydrogen-bond donors (Lipinski definition) is 1. The highest BCUT2D eigenvalue weighted by Crippen LogP contribution is 2.26. The Morgan fingerprint density at radius 2 is 1.95 bits per heavy atom. The van der Waals surface area contributed by atoms with Crippen LogP contribution >= 0.6 is 0 Å². The lowest BCUT2D eigenvalue weighted by Crippen LogP contribution is -2.53. The molecule has 0 radical (unpaired) electrons. The van der Waals surface area contributed by atoms with Crippen molar-refractivity contribution in [2.45, 2.75) is 0 Å². The maximum atomic E-state index is 13.8. The number of nitro benzene ring substituents is 1. The molecule has 2 rings (SSSR count). The molecule has 1 aliphatic heterocycles. The molecular weight excluding hydrogens is 278 g/mol. The molecule has 0 unspecified atom stereocenters. The first-order chi connectivity index (χ1) is 9.32. The number of carbonyl (C=O) groups is 2. The molecule has 0 atom stereocenters. The van der Waals surface area contributed by atoms with Gasteiger partial charge in [0, 0.05) is 19.2 Å². The number of carboxylic acids is 1. The quantitative estimate of drug-likeness (QED) is 0.660. The second kappa shape index (κ2) is 4.83. The lowest BCUT2D eigenvalue weighted by molar-refractivity contribution is -0.387. The van der Waals surface area contributed by atoms with E-state index in [4.69, 9.17) is 5.11 Å². The van der Waals surface area contributed by atoms with E-state index in [1.165, 1.54) is 0 Å². The summed E-state index contributed by atoms with van der Waals surface area (Å²) in [6.07, 6.45) is 0. The Hall–Kier alpha value is -2.58. The third-order valence-corrected chi connectivity index (χ3v) is 3.00. The van der Waals surface area contributed by atoms with Crippen LogP contribution in [-0.2, 0) is 4.79 Å². The highest BCUT2D eigenvalue weighted by Gasteiger charge is 2.39. The summed E-state index contributed by atoms with van der Waals surface area (Å²) in [6.45, 7) is -0.370. The topological polar surface area (TPSA) is 101 Å². The third-order valence-electron chi connectivity index (χ3n) is 3.00. The zero-order valence-electron chi connectivity index (χ0n) is 9.88. The molecule has 0 bridgehead atoms. The van der Waals surface area contributed by atoms with Crippen LogP contribution in [0.4, 0.5) is 14.5 Å². The van der Waals surface area contributed by atoms with Gasteiger partial charge in [-0.25, -0.2) is 4.39 Å². The Balaban J connectivity index is 2.29. The fraction of sp³-hybridized carbons (Fsp3) is 0.273. The van der Waals surface area contributed by atoms with Crippen molar-refractivity contribution in [3.8, 4) is 0 Å². The van der Waals surface area contributed by atoms with Crippen molar-refractivity contribution in [2.75, 3.05) is 13.1 Å². The first-order valence-electron chi connectivity index (χ1n) is 5.47. The standard InChI is InChI=1S/C11H8F2N2O5/c12-6-1-2-7(15(19)20)9(13)8(6)10(16)14-3-5(4-14)11(17)18/h1-2,5H,3-4H2,(H,17,18). The van der Waals surface area contributed by atoms with Gasteiger partial charge in [-0.1, -0.05) is 0 Å². The number of nitrogens with zero attached hydrogens (tertiary/aromatic N) is 2. The molecule has 1 heterocycles. The molecule has 0 aliphatic carbocycles. The minimum atomic E-state index is -1.56. The second-order valence-electron chi connectivity index (χ2n) is 4.26. The molecule has 9 heteroatoms. The summed E-state index contributed by atoms with van der Waals surface area (Å²) in [4.78, 5) is 32.8. The van der Waals surface area contributed by atoms with Crippen LogP contribution < -0.4 is 0 Å². The molecule has 7 nitrogen and oxygen atoms in total. The van der Waals surface area contributed by atoms with Crippen LogP contribution in [-0.4, -0.2) is 39.9 Å². The maximum absolute atomic E-state index is 13.8. The summed E-state index contributed by atoms with van der Waals surface area (Å²) in [5.74, 6) is -5.78. The van der Waals surface area contributed by atoms with Gasteiger partial charge >= 0.3 is 11.7 Å². The Bertz CT molecular complexity index is 613. The van der Waals surface area contributed by atoms with E-state index in [2.05, 4.69) is 0 Å². The lowest BCUT2D eigenvalue weighted by Gasteiger charge is -2.36. The summed E-state index contributed by atoms with van der Waals surface area (Å²) >= 11 is 0. The summed E-state index contributed by atoms with van der Waals surface area (Å²) in [5, 5.41) is 19.2. The molecule has 1 aliphatic rings. The van der Waals surface area contributed by atoms with Crippen LogP contribution in [0.3, 0.4) is 0 Å². The van der Waals surface area contributed by atoms with Gasteiger partial charge in [-0.3, -0.25) is 19.7 Å². The van der Waals surface area contributed by atoms with E-state index in [1.54, 1.807) is 0 Å². The summed E-state index contributed by atoms with van der Waals surface area (Å²) < 4.78 is 27.3. The predicted molar refractivity (Wildman–Crippen MR) is 60.0 cm³/mol. The SMILES string of the molecule is O=C(O)C1CN(C(=O)c2c(F)ccc([N+](=O)[O-])c2F)C1. The van der Waals surface area contributed by atoms with Crippen molar-refractivity contribution < 1.29 is 28.4 Å². The largest absolute Gasteiger partial charge is 0.481 e. The predicted octanol–water partition coefficient (Wildman–Crippen LogP) is 1.03. The number of amides is 1. The number of likely N-dealkylation sites (tertiary alicyclic amines) is 1. The van der Waals surface area contributed by atoms with Gasteiger partial charge in [-0.05, 0) is 6.07 Å². The Morgan fingerprint density at radius 1 is 1.35 bits per heavy atom. The molecule has 1 amide bonds. The minimum absolute atomic E-state index is 0.185. The smallest absolute Gasteiger partial charge is 0.310 e. The van der Waals surface area contributed by atoms with E-state index in [9.17, 15) is 28.5 Å². The monoisotopic (exact) mass is 286 g/mol. The van der Waals surface area contributed by atoms with Crippen LogP contribution in [0.5, 0.6) is 0 Å². The Kier molecular flexibility index (Phi) is 3.35. The molecule has 106 valence electrons.